The molecule has 0 aromatic heterocycles. The molecule has 1 fully saturated rings. The van der Waals surface area contributed by atoms with Crippen LogP contribution in [-0.2, 0) is 19.1 Å². The van der Waals surface area contributed by atoms with Crippen LogP contribution in [0.1, 0.15) is 22.3 Å². The van der Waals surface area contributed by atoms with Crippen molar-refractivity contribution in [3.8, 4) is 6.07 Å². The van der Waals surface area contributed by atoms with Gasteiger partial charge in [-0.2, -0.15) is 5.26 Å². The molecule has 1 atom stereocenters. The molecule has 1 aliphatic rings. The lowest BCUT2D eigenvalue weighted by molar-refractivity contribution is -0.384. The van der Waals surface area contributed by atoms with Crippen LogP contribution < -0.4 is 4.90 Å². The average Bonchev–Trinajstić information content (AvgIpc) is 3.13. The molecule has 1 unspecified atom stereocenters. The van der Waals surface area contributed by atoms with Crippen molar-refractivity contribution >= 4 is 29.1 Å². The van der Waals surface area contributed by atoms with Gasteiger partial charge in [0, 0.05) is 31.9 Å². The van der Waals surface area contributed by atoms with E-state index in [1.165, 1.54) is 56.7 Å². The van der Waals surface area contributed by atoms with E-state index in [9.17, 15) is 24.5 Å². The lowest BCUT2D eigenvalue weighted by atomic mass is 10.1. The molecule has 3 rings (SSSR count). The maximum absolute atomic E-state index is 13.3. The number of nitro benzene ring substituents is 1. The fraction of sp³-hybridized carbons (Fsp3) is 0.273. The van der Waals surface area contributed by atoms with Crippen molar-refractivity contribution in [2.45, 2.75) is 18.8 Å². The minimum absolute atomic E-state index is 0.0211. The molecular weight excluding hydrogens is 432 g/mol. The lowest BCUT2D eigenvalue weighted by Crippen LogP contribution is -2.49. The number of carbonyl (C=O) groups excluding carboxylic acids is 3. The van der Waals surface area contributed by atoms with E-state index in [0.29, 0.717) is 5.56 Å². The molecule has 33 heavy (non-hydrogen) atoms. The van der Waals surface area contributed by atoms with Gasteiger partial charge in [0.1, 0.15) is 6.04 Å². The van der Waals surface area contributed by atoms with E-state index in [1.54, 1.807) is 0 Å². The van der Waals surface area contributed by atoms with Gasteiger partial charge in [-0.15, -0.1) is 0 Å². The Labute approximate surface area is 188 Å². The summed E-state index contributed by atoms with van der Waals surface area (Å²) < 4.78 is 10.3. The number of benzene rings is 2. The minimum atomic E-state index is -1.17. The van der Waals surface area contributed by atoms with Crippen LogP contribution in [0.15, 0.2) is 48.5 Å². The largest absolute Gasteiger partial charge is 0.354 e. The molecule has 0 saturated carbocycles. The quantitative estimate of drug-likeness (QED) is 0.256. The zero-order valence-corrected chi connectivity index (χ0v) is 17.8. The molecule has 3 amide bonds. The molecule has 11 nitrogen and oxygen atoms in total. The summed E-state index contributed by atoms with van der Waals surface area (Å²) in [5.74, 6) is -1.86. The molecule has 0 aliphatic carbocycles. The van der Waals surface area contributed by atoms with Crippen molar-refractivity contribution < 1.29 is 28.8 Å². The van der Waals surface area contributed by atoms with Crippen molar-refractivity contribution in [1.82, 2.24) is 4.90 Å². The summed E-state index contributed by atoms with van der Waals surface area (Å²) in [5.41, 5.74) is 0.320. The standard InChI is InChI=1S/C22H20N4O7/c1-32-20(33-2)13-24(21(28)15-4-3-5-17(10-15)26(30)31)18-11-19(27)25(22(18)29)16-8-6-14(12-23)7-9-16/h3-10,18,20H,11,13H2,1-2H3. The summed E-state index contributed by atoms with van der Waals surface area (Å²) >= 11 is 0. The Balaban J connectivity index is 1.96. The maximum Gasteiger partial charge on any atom is 0.270 e. The number of hydrogen-bond donors (Lipinski definition) is 0. The van der Waals surface area contributed by atoms with Gasteiger partial charge in [0.25, 0.3) is 17.5 Å². The molecule has 0 radical (unpaired) electrons. The van der Waals surface area contributed by atoms with Crippen molar-refractivity contribution in [3.05, 3.63) is 69.8 Å². The van der Waals surface area contributed by atoms with Gasteiger partial charge in [0.2, 0.25) is 5.91 Å². The first-order valence-electron chi connectivity index (χ1n) is 9.78. The maximum atomic E-state index is 13.3. The first kappa shape index (κ1) is 23.5. The third-order valence-electron chi connectivity index (χ3n) is 5.19. The van der Waals surface area contributed by atoms with Gasteiger partial charge in [-0.3, -0.25) is 24.5 Å². The summed E-state index contributed by atoms with van der Waals surface area (Å²) in [7, 11) is 2.71. The predicted octanol–water partition coefficient (Wildman–Crippen LogP) is 1.86. The zero-order chi connectivity index (χ0) is 24.1. The molecular formula is C22H20N4O7. The van der Waals surface area contributed by atoms with Gasteiger partial charge in [-0.1, -0.05) is 6.07 Å². The second-order valence-corrected chi connectivity index (χ2v) is 7.11. The molecule has 170 valence electrons. The monoisotopic (exact) mass is 452 g/mol. The van der Waals surface area contributed by atoms with Crippen LogP contribution >= 0.6 is 0 Å². The lowest BCUT2D eigenvalue weighted by Gasteiger charge is -2.30. The first-order chi connectivity index (χ1) is 15.8. The second kappa shape index (κ2) is 9.99. The van der Waals surface area contributed by atoms with Gasteiger partial charge < -0.3 is 14.4 Å². The highest BCUT2D eigenvalue weighted by Crippen LogP contribution is 2.28. The number of non-ortho nitro benzene ring substituents is 1. The smallest absolute Gasteiger partial charge is 0.270 e. The van der Waals surface area contributed by atoms with Crippen LogP contribution in [-0.4, -0.2) is 60.6 Å². The van der Waals surface area contributed by atoms with Crippen LogP contribution in [0.5, 0.6) is 0 Å². The third-order valence-corrected chi connectivity index (χ3v) is 5.19. The Morgan fingerprint density at radius 2 is 1.91 bits per heavy atom. The van der Waals surface area contributed by atoms with E-state index in [0.717, 1.165) is 15.9 Å². The number of ether oxygens (including phenoxy) is 2. The van der Waals surface area contributed by atoms with E-state index in [4.69, 9.17) is 14.7 Å². The number of hydrogen-bond acceptors (Lipinski definition) is 8. The van der Waals surface area contributed by atoms with E-state index in [1.807, 2.05) is 6.07 Å². The normalized spacial score (nSPS) is 15.6. The second-order valence-electron chi connectivity index (χ2n) is 7.11. The number of amides is 3. The van der Waals surface area contributed by atoms with Crippen LogP contribution in [0.2, 0.25) is 0 Å². The summed E-state index contributed by atoms with van der Waals surface area (Å²) in [6.45, 7) is -0.195. The number of anilines is 1. The van der Waals surface area contributed by atoms with Gasteiger partial charge in [0.15, 0.2) is 6.29 Å². The van der Waals surface area contributed by atoms with Crippen LogP contribution in [0.4, 0.5) is 11.4 Å². The van der Waals surface area contributed by atoms with E-state index < -0.39 is 35.0 Å². The zero-order valence-electron chi connectivity index (χ0n) is 17.8. The molecule has 0 spiro atoms. The summed E-state index contributed by atoms with van der Waals surface area (Å²) in [6.07, 6.45) is -1.20. The molecule has 11 heteroatoms. The van der Waals surface area contributed by atoms with Crippen molar-refractivity contribution in [2.24, 2.45) is 0 Å². The minimum Gasteiger partial charge on any atom is -0.354 e. The van der Waals surface area contributed by atoms with E-state index in [2.05, 4.69) is 0 Å². The highest BCUT2D eigenvalue weighted by Gasteiger charge is 2.45. The highest BCUT2D eigenvalue weighted by atomic mass is 16.7. The number of imide groups is 1. The van der Waals surface area contributed by atoms with Gasteiger partial charge in [-0.05, 0) is 30.3 Å². The number of carbonyl (C=O) groups is 3. The summed E-state index contributed by atoms with van der Waals surface area (Å²) in [5, 5.41) is 20.1. The number of nitriles is 1. The van der Waals surface area contributed by atoms with Gasteiger partial charge in [0.05, 0.1) is 35.2 Å². The topological polar surface area (TPSA) is 143 Å². The molecule has 1 saturated heterocycles. The predicted molar refractivity (Wildman–Crippen MR) is 114 cm³/mol. The fourth-order valence-electron chi connectivity index (χ4n) is 3.49. The number of rotatable bonds is 8. The van der Waals surface area contributed by atoms with Crippen LogP contribution in [0, 0.1) is 21.4 Å². The molecule has 1 heterocycles. The average molecular weight is 452 g/mol. The molecule has 2 aromatic carbocycles. The summed E-state index contributed by atoms with van der Waals surface area (Å²) in [6, 6.07) is 11.8. The van der Waals surface area contributed by atoms with E-state index >= 15 is 0 Å². The number of nitro groups is 1. The Morgan fingerprint density at radius 3 is 2.48 bits per heavy atom. The Hall–Kier alpha value is -4.14. The first-order valence-corrected chi connectivity index (χ1v) is 9.78. The molecule has 2 aromatic rings. The Kier molecular flexibility index (Phi) is 7.12. The van der Waals surface area contributed by atoms with Crippen LogP contribution in [0.3, 0.4) is 0 Å². The number of nitrogens with zero attached hydrogens (tertiary/aromatic N) is 4. The van der Waals surface area contributed by atoms with E-state index in [-0.39, 0.29) is 29.9 Å². The highest BCUT2D eigenvalue weighted by molar-refractivity contribution is 6.23. The Morgan fingerprint density at radius 1 is 1.24 bits per heavy atom. The van der Waals surface area contributed by atoms with Crippen molar-refractivity contribution in [3.63, 3.8) is 0 Å². The molecule has 0 bridgehead atoms. The van der Waals surface area contributed by atoms with Gasteiger partial charge in [-0.25, -0.2) is 4.90 Å². The fourth-order valence-corrected chi connectivity index (χ4v) is 3.49. The van der Waals surface area contributed by atoms with Crippen LogP contribution in [0.25, 0.3) is 0 Å². The Bertz CT molecular complexity index is 1120. The third kappa shape index (κ3) is 4.87. The summed E-state index contributed by atoms with van der Waals surface area (Å²) in [4.78, 5) is 51.9. The van der Waals surface area contributed by atoms with Gasteiger partial charge >= 0.3 is 0 Å². The molecule has 1 aliphatic heterocycles. The van der Waals surface area contributed by atoms with Crippen molar-refractivity contribution in [2.75, 3.05) is 25.7 Å². The van der Waals surface area contributed by atoms with Crippen molar-refractivity contribution in [1.29, 1.82) is 5.26 Å². The SMILES string of the molecule is COC(CN(C(=O)c1cccc([N+](=O)[O-])c1)C1CC(=O)N(c2ccc(C#N)cc2)C1=O)OC. The number of methoxy groups -OCH3 is 2. The molecule has 0 N–H and O–H groups in total.